The van der Waals surface area contributed by atoms with Crippen LogP contribution in [0.2, 0.25) is 0 Å². The third kappa shape index (κ3) is 29.2. The Balaban J connectivity index is 0. The molecule has 0 amide bonds. The van der Waals surface area contributed by atoms with Crippen molar-refractivity contribution < 1.29 is 19.7 Å². The van der Waals surface area contributed by atoms with E-state index in [0.717, 1.165) is 0 Å². The van der Waals surface area contributed by atoms with E-state index in [9.17, 15) is 0 Å². The van der Waals surface area contributed by atoms with Gasteiger partial charge in [0.15, 0.2) is 0 Å². The molecule has 0 saturated heterocycles. The van der Waals surface area contributed by atoms with E-state index in [1.165, 1.54) is 0 Å². The van der Waals surface area contributed by atoms with Crippen molar-refractivity contribution in [2.75, 3.05) is 39.6 Å². The average molecular weight is 378 g/mol. The van der Waals surface area contributed by atoms with Gasteiger partial charge in [-0.1, -0.05) is 0 Å². The second-order valence-electron chi connectivity index (χ2n) is 1.86. The van der Waals surface area contributed by atoms with Gasteiger partial charge in [-0.2, -0.15) is 0 Å². The minimum absolute atomic E-state index is 0.0417. The van der Waals surface area contributed by atoms with Gasteiger partial charge in [0.1, 0.15) is 0 Å². The van der Waals surface area contributed by atoms with Crippen molar-refractivity contribution in [3.8, 4) is 0 Å². The number of rotatable bonds is 7. The zero-order chi connectivity index (χ0) is 11.2. The summed E-state index contributed by atoms with van der Waals surface area (Å²) in [5.74, 6) is 0. The second kappa shape index (κ2) is 16.9. The molecular weight excluding hydrogens is 364 g/mol. The van der Waals surface area contributed by atoms with Crippen LogP contribution >= 0.6 is 26.5 Å². The van der Waals surface area contributed by atoms with Crippen molar-refractivity contribution in [1.29, 1.82) is 0 Å². The van der Waals surface area contributed by atoms with Crippen LogP contribution in [0.25, 0.3) is 0 Å². The molecule has 0 radical (unpaired) electrons. The number of aliphatic hydroxyl groups excluding tert-OH is 2. The standard InChI is InChI=1S/C6H14O4.3ClH.Sb/c7-1-3-9-5-6-10-4-2-8;;;;/h7-8H,1-6H2;3*1H;/q;;;;+3/p-3. The van der Waals surface area contributed by atoms with E-state index in [1.54, 1.807) is 0 Å². The summed E-state index contributed by atoms with van der Waals surface area (Å²) in [5.41, 5.74) is 0. The van der Waals surface area contributed by atoms with E-state index in [-0.39, 0.29) is 13.2 Å². The van der Waals surface area contributed by atoms with Gasteiger partial charge in [0.2, 0.25) is 0 Å². The summed E-state index contributed by atoms with van der Waals surface area (Å²) >= 11 is -2.03. The number of ether oxygens (including phenoxy) is 2. The van der Waals surface area contributed by atoms with Crippen molar-refractivity contribution in [1.82, 2.24) is 0 Å². The molecular formula is C6H14Cl3O4Sb. The van der Waals surface area contributed by atoms with E-state index >= 15 is 0 Å². The third-order valence-electron chi connectivity index (χ3n) is 0.843. The molecule has 0 fully saturated rings. The Morgan fingerprint density at radius 2 is 1.07 bits per heavy atom. The van der Waals surface area contributed by atoms with Crippen LogP contribution in [0, 0.1) is 0 Å². The van der Waals surface area contributed by atoms with Gasteiger partial charge in [-0.3, -0.25) is 0 Å². The predicted molar refractivity (Wildman–Crippen MR) is 59.1 cm³/mol. The quantitative estimate of drug-likeness (QED) is 0.506. The molecule has 0 atom stereocenters. The molecule has 2 N–H and O–H groups in total. The zero-order valence-electron chi connectivity index (χ0n) is 7.53. The summed E-state index contributed by atoms with van der Waals surface area (Å²) in [6, 6.07) is 0. The summed E-state index contributed by atoms with van der Waals surface area (Å²) in [5, 5.41) is 16.5. The van der Waals surface area contributed by atoms with Gasteiger partial charge in [-0.25, -0.2) is 0 Å². The van der Waals surface area contributed by atoms with Crippen molar-refractivity contribution >= 4 is 43.3 Å². The molecule has 0 aromatic rings. The van der Waals surface area contributed by atoms with Gasteiger partial charge in [-0.05, 0) is 0 Å². The van der Waals surface area contributed by atoms with Crippen molar-refractivity contribution in [2.45, 2.75) is 0 Å². The summed E-state index contributed by atoms with van der Waals surface area (Å²) in [6.07, 6.45) is 0. The molecule has 0 aliphatic rings. The van der Waals surface area contributed by atoms with E-state index in [2.05, 4.69) is 0 Å². The number of hydrogen-bond donors (Lipinski definition) is 2. The fourth-order valence-electron chi connectivity index (χ4n) is 0.451. The Morgan fingerprint density at radius 3 is 1.29 bits per heavy atom. The summed E-state index contributed by atoms with van der Waals surface area (Å²) < 4.78 is 9.75. The zero-order valence-corrected chi connectivity index (χ0v) is 12.4. The van der Waals surface area contributed by atoms with Crippen molar-refractivity contribution in [3.05, 3.63) is 0 Å². The van der Waals surface area contributed by atoms with Crippen LogP contribution in [0.4, 0.5) is 0 Å². The third-order valence-corrected chi connectivity index (χ3v) is 0.843. The molecule has 0 aromatic heterocycles. The van der Waals surface area contributed by atoms with Gasteiger partial charge in [0, 0.05) is 0 Å². The monoisotopic (exact) mass is 376 g/mol. The van der Waals surface area contributed by atoms with Crippen molar-refractivity contribution in [3.63, 3.8) is 0 Å². The number of aliphatic hydroxyl groups is 2. The summed E-state index contributed by atoms with van der Waals surface area (Å²) in [6.45, 7) is 1.73. The Morgan fingerprint density at radius 1 is 0.786 bits per heavy atom. The normalized spacial score (nSPS) is 9.86. The molecule has 88 valence electrons. The van der Waals surface area contributed by atoms with E-state index in [4.69, 9.17) is 46.2 Å². The molecule has 0 unspecified atom stereocenters. The van der Waals surface area contributed by atoms with Crippen molar-refractivity contribution in [2.24, 2.45) is 0 Å². The fraction of sp³-hybridized carbons (Fsp3) is 1.00. The van der Waals surface area contributed by atoms with E-state index in [0.29, 0.717) is 26.4 Å². The van der Waals surface area contributed by atoms with Crippen LogP contribution in [0.1, 0.15) is 0 Å². The fourth-order valence-corrected chi connectivity index (χ4v) is 0.451. The number of hydrogen-bond acceptors (Lipinski definition) is 4. The van der Waals surface area contributed by atoms with E-state index < -0.39 is 16.8 Å². The Labute approximate surface area is 102 Å². The van der Waals surface area contributed by atoms with Gasteiger partial charge < -0.3 is 19.7 Å². The molecule has 0 saturated carbocycles. The SMILES string of the molecule is OCCOCCOCCO.[Cl][Sb]([Cl])[Cl]. The molecule has 4 nitrogen and oxygen atoms in total. The molecule has 0 aliphatic heterocycles. The van der Waals surface area contributed by atoms with Crippen LogP contribution in [-0.4, -0.2) is 66.6 Å². The van der Waals surface area contributed by atoms with Crippen LogP contribution in [-0.2, 0) is 9.47 Å². The van der Waals surface area contributed by atoms with Crippen LogP contribution in [0.15, 0.2) is 0 Å². The first-order valence-corrected chi connectivity index (χ1v) is 13.5. The molecule has 0 heterocycles. The average Bonchev–Trinajstić information content (AvgIpc) is 2.10. The van der Waals surface area contributed by atoms with Gasteiger partial charge in [-0.15, -0.1) is 0 Å². The number of halogens is 3. The molecule has 0 spiro atoms. The van der Waals surface area contributed by atoms with Crippen LogP contribution < -0.4 is 0 Å². The first-order valence-electron chi connectivity index (χ1n) is 3.79. The van der Waals surface area contributed by atoms with Gasteiger partial charge in [0.05, 0.1) is 39.6 Å². The first kappa shape index (κ1) is 17.9. The summed E-state index contributed by atoms with van der Waals surface area (Å²) in [7, 11) is 15.0. The molecule has 8 heteroatoms. The van der Waals surface area contributed by atoms with Crippen LogP contribution in [0.5, 0.6) is 0 Å². The summed E-state index contributed by atoms with van der Waals surface area (Å²) in [4.78, 5) is 0. The predicted octanol–water partition coefficient (Wildman–Crippen LogP) is 0.692. The Hall–Kier alpha value is 1.53. The molecule has 14 heavy (non-hydrogen) atoms. The van der Waals surface area contributed by atoms with Gasteiger partial charge >= 0.3 is 43.3 Å². The maximum atomic E-state index is 8.26. The first-order chi connectivity index (χ1) is 6.65. The topological polar surface area (TPSA) is 58.9 Å². The van der Waals surface area contributed by atoms with Gasteiger partial charge in [0.25, 0.3) is 0 Å². The molecule has 0 aliphatic carbocycles. The minimum atomic E-state index is -2.03. The van der Waals surface area contributed by atoms with Crippen LogP contribution in [0.3, 0.4) is 0 Å². The van der Waals surface area contributed by atoms with E-state index in [1.807, 2.05) is 0 Å². The molecule has 0 bridgehead atoms. The molecule has 0 rings (SSSR count). The second-order valence-corrected chi connectivity index (χ2v) is 13.2. The Bertz CT molecular complexity index is 88.4. The molecule has 0 aromatic carbocycles. The Kier molecular flexibility index (Phi) is 21.7. The maximum absolute atomic E-state index is 8.26.